The highest BCUT2D eigenvalue weighted by Gasteiger charge is 2.22. The van der Waals surface area contributed by atoms with Gasteiger partial charge in [-0.25, -0.2) is 4.68 Å². The van der Waals surface area contributed by atoms with E-state index in [1.165, 1.54) is 22.9 Å². The monoisotopic (exact) mass is 422 g/mol. The topological polar surface area (TPSA) is 132 Å². The van der Waals surface area contributed by atoms with Crippen LogP contribution < -0.4 is 10.6 Å². The predicted molar refractivity (Wildman–Crippen MR) is 114 cm³/mol. The summed E-state index contributed by atoms with van der Waals surface area (Å²) in [5.41, 5.74) is 0.951. The van der Waals surface area contributed by atoms with Gasteiger partial charge in [0.1, 0.15) is 0 Å². The lowest BCUT2D eigenvalue weighted by atomic mass is 10.1. The Morgan fingerprint density at radius 2 is 1.77 bits per heavy atom. The van der Waals surface area contributed by atoms with Gasteiger partial charge in [-0.05, 0) is 45.9 Å². The highest BCUT2D eigenvalue weighted by molar-refractivity contribution is 6.08. The van der Waals surface area contributed by atoms with E-state index in [0.717, 1.165) is 0 Å². The molecule has 0 saturated carbocycles. The van der Waals surface area contributed by atoms with Crippen LogP contribution in [0.2, 0.25) is 0 Å². The first kappa shape index (κ1) is 21.6. The molecule has 2 aromatic carbocycles. The Morgan fingerprint density at radius 3 is 2.45 bits per heavy atom. The minimum atomic E-state index is -0.551. The second-order valence-electron chi connectivity index (χ2n) is 7.92. The second kappa shape index (κ2) is 8.34. The van der Waals surface area contributed by atoms with Gasteiger partial charge in [0.05, 0.1) is 27.6 Å². The molecule has 160 valence electrons. The molecule has 0 saturated heterocycles. The Kier molecular flexibility index (Phi) is 5.82. The number of para-hydroxylation sites is 1. The summed E-state index contributed by atoms with van der Waals surface area (Å²) >= 11 is 0. The third-order valence-corrected chi connectivity index (χ3v) is 4.30. The number of aromatic nitrogens is 3. The first-order valence-corrected chi connectivity index (χ1v) is 9.47. The number of hydrogen-bond donors (Lipinski definition) is 2. The lowest BCUT2D eigenvalue weighted by Gasteiger charge is -2.21. The van der Waals surface area contributed by atoms with Crippen molar-refractivity contribution in [2.75, 3.05) is 5.32 Å². The van der Waals surface area contributed by atoms with Crippen LogP contribution in [0.4, 0.5) is 11.4 Å². The number of benzene rings is 2. The van der Waals surface area contributed by atoms with Gasteiger partial charge in [0.25, 0.3) is 17.5 Å². The summed E-state index contributed by atoms with van der Waals surface area (Å²) in [6, 6.07) is 12.5. The summed E-state index contributed by atoms with van der Waals surface area (Å²) in [7, 11) is 0. The minimum Gasteiger partial charge on any atom is -0.347 e. The van der Waals surface area contributed by atoms with Crippen LogP contribution in [0, 0.1) is 17.0 Å². The maximum Gasteiger partial charge on any atom is 0.278 e. The molecule has 10 heteroatoms. The van der Waals surface area contributed by atoms with Crippen LogP contribution in [0.25, 0.3) is 5.69 Å². The van der Waals surface area contributed by atoms with Crippen LogP contribution in [-0.4, -0.2) is 37.3 Å². The molecule has 0 spiro atoms. The molecule has 3 rings (SSSR count). The summed E-state index contributed by atoms with van der Waals surface area (Å²) in [4.78, 5) is 36.0. The van der Waals surface area contributed by atoms with E-state index in [-0.39, 0.29) is 17.3 Å². The molecule has 0 radical (unpaired) electrons. The molecular weight excluding hydrogens is 400 g/mol. The predicted octanol–water partition coefficient (Wildman–Crippen LogP) is 3.26. The molecular formula is C21H22N6O4. The van der Waals surface area contributed by atoms with Crippen molar-refractivity contribution in [1.82, 2.24) is 20.3 Å². The number of rotatable bonds is 5. The zero-order valence-electron chi connectivity index (χ0n) is 17.5. The smallest absolute Gasteiger partial charge is 0.278 e. The Hall–Kier alpha value is -4.08. The third kappa shape index (κ3) is 4.92. The Labute approximate surface area is 178 Å². The molecule has 0 atom stereocenters. The van der Waals surface area contributed by atoms with Gasteiger partial charge in [-0.3, -0.25) is 19.7 Å². The third-order valence-electron chi connectivity index (χ3n) is 4.30. The highest BCUT2D eigenvalue weighted by atomic mass is 16.6. The van der Waals surface area contributed by atoms with E-state index in [1.54, 1.807) is 37.3 Å². The van der Waals surface area contributed by atoms with Crippen molar-refractivity contribution in [3.8, 4) is 5.69 Å². The van der Waals surface area contributed by atoms with Crippen LogP contribution in [0.1, 0.15) is 47.3 Å². The molecule has 31 heavy (non-hydrogen) atoms. The van der Waals surface area contributed by atoms with Gasteiger partial charge in [0.15, 0.2) is 5.69 Å². The quantitative estimate of drug-likeness (QED) is 0.479. The fourth-order valence-corrected chi connectivity index (χ4v) is 2.90. The Morgan fingerprint density at radius 1 is 1.06 bits per heavy atom. The van der Waals surface area contributed by atoms with E-state index in [2.05, 4.69) is 20.9 Å². The molecule has 1 heterocycles. The van der Waals surface area contributed by atoms with Crippen molar-refractivity contribution in [2.45, 2.75) is 33.2 Å². The van der Waals surface area contributed by atoms with E-state index < -0.39 is 16.4 Å². The van der Waals surface area contributed by atoms with E-state index in [4.69, 9.17) is 0 Å². The highest BCUT2D eigenvalue weighted by Crippen LogP contribution is 2.20. The number of non-ortho nitro benzene ring substituents is 1. The molecule has 2 amide bonds. The Balaban J connectivity index is 1.87. The van der Waals surface area contributed by atoms with Crippen molar-refractivity contribution >= 4 is 23.2 Å². The van der Waals surface area contributed by atoms with Crippen LogP contribution >= 0.6 is 0 Å². The van der Waals surface area contributed by atoms with Crippen LogP contribution in [0.15, 0.2) is 48.5 Å². The van der Waals surface area contributed by atoms with Gasteiger partial charge < -0.3 is 10.6 Å². The number of nitro groups is 1. The molecule has 3 aromatic rings. The van der Waals surface area contributed by atoms with Crippen LogP contribution in [0.3, 0.4) is 0 Å². The number of hydrogen-bond acceptors (Lipinski definition) is 6. The minimum absolute atomic E-state index is 0.0394. The molecule has 0 unspecified atom stereocenters. The van der Waals surface area contributed by atoms with Crippen molar-refractivity contribution in [2.24, 2.45) is 0 Å². The summed E-state index contributed by atoms with van der Waals surface area (Å²) in [6.07, 6.45) is 0. The number of nitrogens with zero attached hydrogens (tertiary/aromatic N) is 4. The molecule has 0 bridgehead atoms. The number of carbonyl (C=O) groups excluding carboxylic acids is 2. The standard InChI is InChI=1S/C21H22N6O4/c1-13-18(24-25-26(13)14-8-7-9-15(12-14)27(30)31)20(29)22-17-11-6-5-10-16(17)19(28)23-21(2,3)4/h5-12H,1-4H3,(H,22,29)(H,23,28). The number of amides is 2. The van der Waals surface area contributed by atoms with Gasteiger partial charge in [-0.1, -0.05) is 23.4 Å². The number of nitrogens with one attached hydrogen (secondary N) is 2. The summed E-state index contributed by atoms with van der Waals surface area (Å²) < 4.78 is 1.35. The SMILES string of the molecule is Cc1c(C(=O)Nc2ccccc2C(=O)NC(C)(C)C)nnn1-c1cccc([N+](=O)[O-])c1. The number of anilines is 1. The maximum absolute atomic E-state index is 12.8. The fraction of sp³-hybridized carbons (Fsp3) is 0.238. The molecule has 0 fully saturated rings. The van der Waals surface area contributed by atoms with Gasteiger partial charge in [0.2, 0.25) is 0 Å². The molecule has 0 aliphatic carbocycles. The molecule has 2 N–H and O–H groups in total. The summed E-state index contributed by atoms with van der Waals surface area (Å²) in [5, 5.41) is 24.5. The number of nitro benzene ring substituents is 1. The number of carbonyl (C=O) groups is 2. The van der Waals surface area contributed by atoms with E-state index in [0.29, 0.717) is 22.6 Å². The first-order chi connectivity index (χ1) is 14.6. The fourth-order valence-electron chi connectivity index (χ4n) is 2.90. The largest absolute Gasteiger partial charge is 0.347 e. The molecule has 0 aliphatic rings. The van der Waals surface area contributed by atoms with E-state index in [1.807, 2.05) is 20.8 Å². The van der Waals surface area contributed by atoms with E-state index >= 15 is 0 Å². The van der Waals surface area contributed by atoms with Crippen molar-refractivity contribution in [3.63, 3.8) is 0 Å². The lowest BCUT2D eigenvalue weighted by Crippen LogP contribution is -2.40. The van der Waals surface area contributed by atoms with Gasteiger partial charge in [0, 0.05) is 17.7 Å². The first-order valence-electron chi connectivity index (χ1n) is 9.47. The molecule has 10 nitrogen and oxygen atoms in total. The molecule has 0 aliphatic heterocycles. The zero-order chi connectivity index (χ0) is 22.8. The van der Waals surface area contributed by atoms with Crippen LogP contribution in [0.5, 0.6) is 0 Å². The lowest BCUT2D eigenvalue weighted by molar-refractivity contribution is -0.384. The average Bonchev–Trinajstić information content (AvgIpc) is 3.08. The van der Waals surface area contributed by atoms with Gasteiger partial charge in [-0.2, -0.15) is 0 Å². The van der Waals surface area contributed by atoms with Crippen molar-refractivity contribution < 1.29 is 14.5 Å². The van der Waals surface area contributed by atoms with Crippen molar-refractivity contribution in [1.29, 1.82) is 0 Å². The average molecular weight is 422 g/mol. The molecule has 1 aromatic heterocycles. The zero-order valence-corrected chi connectivity index (χ0v) is 17.5. The summed E-state index contributed by atoms with van der Waals surface area (Å²) in [5.74, 6) is -0.870. The maximum atomic E-state index is 12.8. The van der Waals surface area contributed by atoms with Gasteiger partial charge >= 0.3 is 0 Å². The second-order valence-corrected chi connectivity index (χ2v) is 7.92. The summed E-state index contributed by atoms with van der Waals surface area (Å²) in [6.45, 7) is 7.22. The van der Waals surface area contributed by atoms with E-state index in [9.17, 15) is 19.7 Å². The Bertz CT molecular complexity index is 1160. The van der Waals surface area contributed by atoms with Gasteiger partial charge in [-0.15, -0.1) is 5.10 Å². The normalized spacial score (nSPS) is 11.1. The van der Waals surface area contributed by atoms with Crippen molar-refractivity contribution in [3.05, 3.63) is 75.6 Å². The van der Waals surface area contributed by atoms with Crippen LogP contribution in [-0.2, 0) is 0 Å².